The van der Waals surface area contributed by atoms with E-state index in [-0.39, 0.29) is 39.6 Å². The van der Waals surface area contributed by atoms with Crippen molar-refractivity contribution in [1.29, 1.82) is 0 Å². The maximum Gasteiger partial charge on any atom is 0.265 e. The summed E-state index contributed by atoms with van der Waals surface area (Å²) < 4.78 is 45.9. The largest absolute Gasteiger partial charge is 0.495 e. The van der Waals surface area contributed by atoms with E-state index in [2.05, 4.69) is 5.32 Å². The first kappa shape index (κ1) is 35.5. The van der Waals surface area contributed by atoms with Crippen molar-refractivity contribution < 1.29 is 32.2 Å². The number of halogens is 1. The highest BCUT2D eigenvalue weighted by Gasteiger charge is 2.36. The van der Waals surface area contributed by atoms with Crippen molar-refractivity contribution in [3.8, 4) is 17.2 Å². The molecule has 1 atom stereocenters. The van der Waals surface area contributed by atoms with Crippen LogP contribution in [0.3, 0.4) is 0 Å². The topological polar surface area (TPSA) is 114 Å². The predicted molar refractivity (Wildman–Crippen MR) is 176 cm³/mol. The van der Waals surface area contributed by atoms with Gasteiger partial charge in [0.2, 0.25) is 11.8 Å². The van der Waals surface area contributed by atoms with E-state index in [0.29, 0.717) is 12.2 Å². The van der Waals surface area contributed by atoms with E-state index in [1.54, 1.807) is 6.07 Å². The molecule has 0 aliphatic heterocycles. The van der Waals surface area contributed by atoms with Crippen LogP contribution in [0.4, 0.5) is 5.69 Å². The molecule has 0 saturated heterocycles. The van der Waals surface area contributed by atoms with Gasteiger partial charge in [-0.2, -0.15) is 0 Å². The van der Waals surface area contributed by atoms with Gasteiger partial charge in [-0.05, 0) is 75.6 Å². The normalized spacial score (nSPS) is 12.2. The standard InChI is InChI=1S/C33H42ClN3O7S/c1-9-26(32(39)35-33(3,4)5)36(20-23-13-11-10-12-22(23)2)31(38)21-37(27-18-24(34)14-16-28(27)42-6)45(40,41)25-15-17-29(43-7)30(19-25)44-8/h10-19,26H,9,20-21H2,1-8H3,(H,35,39)/t26-/m1/s1. The molecule has 3 aromatic carbocycles. The third kappa shape index (κ3) is 8.61. The second-order valence-electron chi connectivity index (χ2n) is 11.5. The van der Waals surface area contributed by atoms with Gasteiger partial charge < -0.3 is 24.4 Å². The SMILES string of the molecule is CC[C@H](C(=O)NC(C)(C)C)N(Cc1ccccc1C)C(=O)CN(c1cc(Cl)ccc1OC)S(=O)(=O)c1ccc(OC)c(OC)c1. The number of rotatable bonds is 13. The Labute approximate surface area is 271 Å². The molecular formula is C33H42ClN3O7S. The number of hydrogen-bond acceptors (Lipinski definition) is 7. The summed E-state index contributed by atoms with van der Waals surface area (Å²) in [7, 11) is -0.211. The third-order valence-electron chi connectivity index (χ3n) is 7.12. The molecule has 12 heteroatoms. The number of hydrogen-bond donors (Lipinski definition) is 1. The van der Waals surface area contributed by atoms with Gasteiger partial charge in [-0.3, -0.25) is 13.9 Å². The summed E-state index contributed by atoms with van der Waals surface area (Å²) in [5.74, 6) is -0.241. The zero-order chi connectivity index (χ0) is 33.5. The number of amides is 2. The van der Waals surface area contributed by atoms with Crippen LogP contribution in [0.15, 0.2) is 65.6 Å². The van der Waals surface area contributed by atoms with Crippen LogP contribution in [0.1, 0.15) is 45.2 Å². The number of sulfonamides is 1. The molecule has 0 radical (unpaired) electrons. The van der Waals surface area contributed by atoms with Crippen LogP contribution in [-0.4, -0.2) is 64.6 Å². The number of methoxy groups -OCH3 is 3. The van der Waals surface area contributed by atoms with Crippen molar-refractivity contribution in [2.75, 3.05) is 32.2 Å². The first-order valence-electron chi connectivity index (χ1n) is 14.4. The number of benzene rings is 3. The Morgan fingerprint density at radius 3 is 2.11 bits per heavy atom. The maximum atomic E-state index is 14.4. The molecule has 0 aromatic heterocycles. The molecule has 244 valence electrons. The van der Waals surface area contributed by atoms with E-state index in [0.717, 1.165) is 15.4 Å². The van der Waals surface area contributed by atoms with Gasteiger partial charge in [-0.25, -0.2) is 8.42 Å². The number of carbonyl (C=O) groups excluding carboxylic acids is 2. The number of carbonyl (C=O) groups is 2. The molecule has 0 aliphatic carbocycles. The lowest BCUT2D eigenvalue weighted by atomic mass is 10.0. The van der Waals surface area contributed by atoms with Gasteiger partial charge in [0.1, 0.15) is 18.3 Å². The highest BCUT2D eigenvalue weighted by Crippen LogP contribution is 2.37. The molecule has 0 bridgehead atoms. The zero-order valence-electron chi connectivity index (χ0n) is 27.0. The third-order valence-corrected chi connectivity index (χ3v) is 9.11. The van der Waals surface area contributed by atoms with E-state index in [1.807, 2.05) is 58.9 Å². The summed E-state index contributed by atoms with van der Waals surface area (Å²) in [6.07, 6.45) is 0.294. The van der Waals surface area contributed by atoms with Crippen LogP contribution in [0.25, 0.3) is 0 Å². The van der Waals surface area contributed by atoms with Crippen LogP contribution in [0.5, 0.6) is 17.2 Å². The molecule has 45 heavy (non-hydrogen) atoms. The van der Waals surface area contributed by atoms with Crippen LogP contribution in [-0.2, 0) is 26.2 Å². The van der Waals surface area contributed by atoms with Crippen molar-refractivity contribution in [3.05, 3.63) is 76.8 Å². The fourth-order valence-electron chi connectivity index (χ4n) is 4.82. The average Bonchev–Trinajstić information content (AvgIpc) is 2.99. The molecule has 3 rings (SSSR count). The minimum absolute atomic E-state index is 0.0520. The second-order valence-corrected chi connectivity index (χ2v) is 13.8. The molecule has 0 spiro atoms. The van der Waals surface area contributed by atoms with Crippen molar-refractivity contribution in [2.45, 2.75) is 64.1 Å². The van der Waals surface area contributed by atoms with Gasteiger partial charge in [0.05, 0.1) is 31.9 Å². The van der Waals surface area contributed by atoms with Gasteiger partial charge >= 0.3 is 0 Å². The van der Waals surface area contributed by atoms with Gasteiger partial charge in [0.25, 0.3) is 10.0 Å². The Hall–Kier alpha value is -3.96. The van der Waals surface area contributed by atoms with Crippen LogP contribution in [0, 0.1) is 6.92 Å². The Bertz CT molecular complexity index is 1620. The Morgan fingerprint density at radius 1 is 0.911 bits per heavy atom. The summed E-state index contributed by atoms with van der Waals surface area (Å²) in [6.45, 7) is 8.72. The smallest absolute Gasteiger partial charge is 0.265 e. The lowest BCUT2D eigenvalue weighted by Crippen LogP contribution is -2.55. The zero-order valence-corrected chi connectivity index (χ0v) is 28.6. The first-order chi connectivity index (χ1) is 21.2. The summed E-state index contributed by atoms with van der Waals surface area (Å²) in [5, 5.41) is 3.20. The van der Waals surface area contributed by atoms with Crippen molar-refractivity contribution in [1.82, 2.24) is 10.2 Å². The molecular weight excluding hydrogens is 618 g/mol. The predicted octanol–water partition coefficient (Wildman–Crippen LogP) is 5.59. The number of nitrogens with one attached hydrogen (secondary N) is 1. The molecule has 0 fully saturated rings. The number of aryl methyl sites for hydroxylation is 1. The van der Waals surface area contributed by atoms with E-state index in [4.69, 9.17) is 25.8 Å². The number of ether oxygens (including phenoxy) is 3. The summed E-state index contributed by atoms with van der Waals surface area (Å²) >= 11 is 6.34. The fraction of sp³-hybridized carbons (Fsp3) is 0.394. The van der Waals surface area contributed by atoms with Crippen molar-refractivity contribution in [2.24, 2.45) is 0 Å². The Kier molecular flexibility index (Phi) is 11.7. The van der Waals surface area contributed by atoms with E-state index < -0.39 is 34.1 Å². The van der Waals surface area contributed by atoms with Gasteiger partial charge in [-0.1, -0.05) is 42.8 Å². The van der Waals surface area contributed by atoms with Crippen LogP contribution >= 0.6 is 11.6 Å². The number of anilines is 1. The second kappa shape index (κ2) is 14.9. The summed E-state index contributed by atoms with van der Waals surface area (Å²) in [6, 6.07) is 15.3. The molecule has 1 N–H and O–H groups in total. The molecule has 10 nitrogen and oxygen atoms in total. The van der Waals surface area contributed by atoms with E-state index in [9.17, 15) is 18.0 Å². The quantitative estimate of drug-likeness (QED) is 0.254. The molecule has 0 aliphatic rings. The Morgan fingerprint density at radius 2 is 1.53 bits per heavy atom. The van der Waals surface area contributed by atoms with Gasteiger partial charge in [0.15, 0.2) is 11.5 Å². The van der Waals surface area contributed by atoms with Crippen LogP contribution in [0.2, 0.25) is 5.02 Å². The van der Waals surface area contributed by atoms with E-state index >= 15 is 0 Å². The lowest BCUT2D eigenvalue weighted by Gasteiger charge is -2.35. The van der Waals surface area contributed by atoms with Crippen LogP contribution < -0.4 is 23.8 Å². The molecule has 2 amide bonds. The highest BCUT2D eigenvalue weighted by molar-refractivity contribution is 7.92. The van der Waals surface area contributed by atoms with Crippen molar-refractivity contribution >= 4 is 39.1 Å². The Balaban J connectivity index is 2.20. The highest BCUT2D eigenvalue weighted by atomic mass is 35.5. The fourth-order valence-corrected chi connectivity index (χ4v) is 6.42. The minimum Gasteiger partial charge on any atom is -0.495 e. The molecule has 0 unspecified atom stereocenters. The molecule has 0 saturated carbocycles. The minimum atomic E-state index is -4.44. The number of nitrogens with zero attached hydrogens (tertiary/aromatic N) is 2. The van der Waals surface area contributed by atoms with Crippen molar-refractivity contribution in [3.63, 3.8) is 0 Å². The summed E-state index contributed by atoms with van der Waals surface area (Å²) in [5.41, 5.74) is 1.24. The van der Waals surface area contributed by atoms with E-state index in [1.165, 1.54) is 56.6 Å². The average molecular weight is 660 g/mol. The molecule has 3 aromatic rings. The van der Waals surface area contributed by atoms with Gasteiger partial charge in [0, 0.05) is 23.2 Å². The maximum absolute atomic E-state index is 14.4. The summed E-state index contributed by atoms with van der Waals surface area (Å²) in [4.78, 5) is 29.3. The monoisotopic (exact) mass is 659 g/mol. The lowest BCUT2D eigenvalue weighted by molar-refractivity contribution is -0.141. The first-order valence-corrected chi connectivity index (χ1v) is 16.2. The molecule has 0 heterocycles. The van der Waals surface area contributed by atoms with Gasteiger partial charge in [-0.15, -0.1) is 0 Å².